The molecule has 0 unspecified atom stereocenters. The Morgan fingerprint density at radius 1 is 1.42 bits per heavy atom. The van der Waals surface area contributed by atoms with Gasteiger partial charge in [-0.25, -0.2) is 0 Å². The maximum absolute atomic E-state index is 10.4. The van der Waals surface area contributed by atoms with Crippen molar-refractivity contribution in [1.82, 2.24) is 0 Å². The minimum atomic E-state index is -0.514. The normalized spacial score (nSPS) is 9.92. The van der Waals surface area contributed by atoms with Crippen LogP contribution in [0.2, 0.25) is 10.0 Å². The van der Waals surface area contributed by atoms with Crippen LogP contribution in [0.1, 0.15) is 0 Å². The lowest BCUT2D eigenvalue weighted by Crippen LogP contribution is -1.91. The number of nitro groups is 1. The zero-order chi connectivity index (χ0) is 9.30. The van der Waals surface area contributed by atoms with Crippen molar-refractivity contribution in [3.05, 3.63) is 35.9 Å². The Labute approximate surface area is 92.0 Å². The van der Waals surface area contributed by atoms with E-state index in [1.807, 2.05) is 0 Å². The third kappa shape index (κ3) is 1.99. The molecule has 3 nitrogen and oxygen atoms in total. The van der Waals surface area contributed by atoms with Gasteiger partial charge in [0.05, 0.1) is 9.95 Å². The quantitative estimate of drug-likeness (QED) is 0.344. The average molecular weight is 318 g/mol. The summed E-state index contributed by atoms with van der Waals surface area (Å²) in [6, 6.07) is 2.74. The molecule has 64 valence electrons. The van der Waals surface area contributed by atoms with Crippen LogP contribution in [0.25, 0.3) is 0 Å². The van der Waals surface area contributed by atoms with Crippen molar-refractivity contribution < 1.29 is 4.92 Å². The number of halogens is 3. The van der Waals surface area contributed by atoms with E-state index in [1.165, 1.54) is 12.1 Å². The number of hydrogen-bond donors (Lipinski definition) is 0. The molecule has 0 aromatic heterocycles. The van der Waals surface area contributed by atoms with Gasteiger partial charge in [-0.05, 0) is 28.7 Å². The first kappa shape index (κ1) is 10.0. The summed E-state index contributed by atoms with van der Waals surface area (Å²) in [6.45, 7) is 0. The van der Waals surface area contributed by atoms with Crippen molar-refractivity contribution in [2.24, 2.45) is 0 Å². The predicted molar refractivity (Wildman–Crippen MR) is 55.8 cm³/mol. The number of rotatable bonds is 1. The number of nitro benzene ring substituents is 1. The first-order valence-electron chi connectivity index (χ1n) is 2.81. The lowest BCUT2D eigenvalue weighted by Gasteiger charge is -1.98. The summed E-state index contributed by atoms with van der Waals surface area (Å²) in [5.41, 5.74) is -0.0619. The van der Waals surface area contributed by atoms with E-state index in [-0.39, 0.29) is 10.7 Å². The van der Waals surface area contributed by atoms with Gasteiger partial charge in [0.25, 0.3) is 5.69 Å². The van der Waals surface area contributed by atoms with Crippen molar-refractivity contribution in [3.63, 3.8) is 0 Å². The molecule has 0 saturated heterocycles. The molecule has 12 heavy (non-hydrogen) atoms. The van der Waals surface area contributed by atoms with Crippen LogP contribution in [-0.4, -0.2) is 4.92 Å². The minimum Gasteiger partial charge on any atom is -0.258 e. The highest BCUT2D eigenvalue weighted by molar-refractivity contribution is 14.1. The second-order valence-corrected chi connectivity index (χ2v) is 3.90. The molecule has 0 saturated carbocycles. The highest BCUT2D eigenvalue weighted by Gasteiger charge is 2.15. The Morgan fingerprint density at radius 3 is 2.50 bits per heavy atom. The topological polar surface area (TPSA) is 43.1 Å². The highest BCUT2D eigenvalue weighted by atomic mass is 127. The third-order valence-corrected chi connectivity index (χ3v) is 3.14. The van der Waals surface area contributed by atoms with Gasteiger partial charge < -0.3 is 0 Å². The molecule has 0 atom stereocenters. The Balaban J connectivity index is 3.37. The second-order valence-electron chi connectivity index (χ2n) is 1.98. The average Bonchev–Trinajstić information content (AvgIpc) is 1.96. The maximum atomic E-state index is 10.4. The standard InChI is InChI=1S/C6H2Cl2INO2/c7-3-1-4(8)6(9)5(2-3)10(11)12/h1-2H. The van der Waals surface area contributed by atoms with Crippen LogP contribution < -0.4 is 0 Å². The van der Waals surface area contributed by atoms with E-state index in [2.05, 4.69) is 0 Å². The zero-order valence-electron chi connectivity index (χ0n) is 5.55. The first-order valence-corrected chi connectivity index (χ1v) is 4.65. The monoisotopic (exact) mass is 317 g/mol. The van der Waals surface area contributed by atoms with Crippen LogP contribution in [0.4, 0.5) is 5.69 Å². The van der Waals surface area contributed by atoms with E-state index < -0.39 is 4.92 Å². The van der Waals surface area contributed by atoms with E-state index in [4.69, 9.17) is 23.2 Å². The molecule has 6 heteroatoms. The summed E-state index contributed by atoms with van der Waals surface area (Å²) in [5, 5.41) is 11.0. The van der Waals surface area contributed by atoms with Gasteiger partial charge in [0.15, 0.2) is 0 Å². The van der Waals surface area contributed by atoms with Crippen molar-refractivity contribution >= 4 is 51.5 Å². The van der Waals surface area contributed by atoms with Crippen LogP contribution in [0.3, 0.4) is 0 Å². The Kier molecular flexibility index (Phi) is 3.14. The fourth-order valence-electron chi connectivity index (χ4n) is 0.675. The molecule has 0 aliphatic heterocycles. The summed E-state index contributed by atoms with van der Waals surface area (Å²) >= 11 is 13.0. The van der Waals surface area contributed by atoms with Gasteiger partial charge in [-0.2, -0.15) is 0 Å². The number of hydrogen-bond acceptors (Lipinski definition) is 2. The first-order chi connectivity index (χ1) is 5.52. The molecule has 0 amide bonds. The van der Waals surface area contributed by atoms with Gasteiger partial charge in [0.2, 0.25) is 0 Å². The van der Waals surface area contributed by atoms with Gasteiger partial charge in [-0.3, -0.25) is 10.1 Å². The molecule has 0 fully saturated rings. The van der Waals surface area contributed by atoms with E-state index in [0.717, 1.165) is 0 Å². The van der Waals surface area contributed by atoms with E-state index in [9.17, 15) is 10.1 Å². The Morgan fingerprint density at radius 2 is 2.00 bits per heavy atom. The molecule has 0 N–H and O–H groups in total. The van der Waals surface area contributed by atoms with Crippen LogP contribution in [0.5, 0.6) is 0 Å². The van der Waals surface area contributed by atoms with Gasteiger partial charge in [0.1, 0.15) is 3.57 Å². The lowest BCUT2D eigenvalue weighted by molar-refractivity contribution is -0.385. The molecule has 1 rings (SSSR count). The lowest BCUT2D eigenvalue weighted by atomic mass is 10.3. The summed E-state index contributed by atoms with van der Waals surface area (Å²) in [5.74, 6) is 0. The fraction of sp³-hybridized carbons (Fsp3) is 0. The van der Waals surface area contributed by atoms with Crippen LogP contribution in [0, 0.1) is 13.7 Å². The summed E-state index contributed by atoms with van der Waals surface area (Å²) in [6.07, 6.45) is 0. The van der Waals surface area contributed by atoms with Gasteiger partial charge in [0, 0.05) is 11.1 Å². The van der Waals surface area contributed by atoms with E-state index in [0.29, 0.717) is 8.59 Å². The minimum absolute atomic E-state index is 0.0619. The van der Waals surface area contributed by atoms with Gasteiger partial charge in [-0.1, -0.05) is 23.2 Å². The molecule has 1 aromatic carbocycles. The third-order valence-electron chi connectivity index (χ3n) is 1.17. The van der Waals surface area contributed by atoms with Crippen molar-refractivity contribution in [1.29, 1.82) is 0 Å². The number of nitrogens with zero attached hydrogens (tertiary/aromatic N) is 1. The van der Waals surface area contributed by atoms with Crippen LogP contribution in [0.15, 0.2) is 12.1 Å². The molecule has 0 heterocycles. The van der Waals surface area contributed by atoms with E-state index >= 15 is 0 Å². The predicted octanol–water partition coefficient (Wildman–Crippen LogP) is 3.51. The Bertz CT molecular complexity index is 343. The van der Waals surface area contributed by atoms with Crippen molar-refractivity contribution in [2.45, 2.75) is 0 Å². The summed E-state index contributed by atoms with van der Waals surface area (Å²) < 4.78 is 0.406. The fourth-order valence-corrected chi connectivity index (χ4v) is 1.67. The molecule has 0 bridgehead atoms. The van der Waals surface area contributed by atoms with Gasteiger partial charge >= 0.3 is 0 Å². The van der Waals surface area contributed by atoms with Crippen molar-refractivity contribution in [2.75, 3.05) is 0 Å². The highest BCUT2D eigenvalue weighted by Crippen LogP contribution is 2.31. The molecule has 0 radical (unpaired) electrons. The molecule has 1 aromatic rings. The van der Waals surface area contributed by atoms with Gasteiger partial charge in [-0.15, -0.1) is 0 Å². The second kappa shape index (κ2) is 3.76. The molecule has 0 spiro atoms. The molecule has 0 aliphatic rings. The van der Waals surface area contributed by atoms with Crippen molar-refractivity contribution in [3.8, 4) is 0 Å². The summed E-state index contributed by atoms with van der Waals surface area (Å²) in [4.78, 5) is 9.90. The Hall–Kier alpha value is -0.0700. The smallest absolute Gasteiger partial charge is 0.258 e. The molecular formula is C6H2Cl2INO2. The summed E-state index contributed by atoms with van der Waals surface area (Å²) in [7, 11) is 0. The SMILES string of the molecule is O=[N+]([O-])c1cc(Cl)cc(Cl)c1I. The number of benzene rings is 1. The largest absolute Gasteiger partial charge is 0.285 e. The van der Waals surface area contributed by atoms with Crippen LogP contribution >= 0.6 is 45.8 Å². The zero-order valence-corrected chi connectivity index (χ0v) is 9.22. The van der Waals surface area contributed by atoms with Crippen LogP contribution in [-0.2, 0) is 0 Å². The molecule has 0 aliphatic carbocycles. The maximum Gasteiger partial charge on any atom is 0.285 e. The van der Waals surface area contributed by atoms with E-state index in [1.54, 1.807) is 22.6 Å². The molecular weight excluding hydrogens is 316 g/mol.